The van der Waals surface area contributed by atoms with E-state index in [1.807, 2.05) is 25.1 Å². The van der Waals surface area contributed by atoms with E-state index in [1.54, 1.807) is 43.3 Å². The van der Waals surface area contributed by atoms with Crippen molar-refractivity contribution in [3.63, 3.8) is 0 Å². The molecule has 0 saturated carbocycles. The molecule has 6 heteroatoms. The van der Waals surface area contributed by atoms with Gasteiger partial charge in [0.15, 0.2) is 0 Å². The van der Waals surface area contributed by atoms with Crippen molar-refractivity contribution in [1.82, 2.24) is 10.2 Å². The minimum absolute atomic E-state index is 0.0773. The molecule has 0 aliphatic heterocycles. The van der Waals surface area contributed by atoms with E-state index in [-0.39, 0.29) is 18.4 Å². The Morgan fingerprint density at radius 1 is 1.16 bits per heavy atom. The quantitative estimate of drug-likeness (QED) is 0.861. The Labute approximate surface area is 152 Å². The first-order valence-electron chi connectivity index (χ1n) is 7.82. The molecule has 2 rings (SSSR count). The predicted octanol–water partition coefficient (Wildman–Crippen LogP) is 3.05. The molecular weight excluding hydrogens is 340 g/mol. The van der Waals surface area contributed by atoms with Gasteiger partial charge in [-0.15, -0.1) is 0 Å². The van der Waals surface area contributed by atoms with Gasteiger partial charge in [0.05, 0.1) is 13.7 Å². The second-order valence-electron chi connectivity index (χ2n) is 5.75. The van der Waals surface area contributed by atoms with Gasteiger partial charge in [0.25, 0.3) is 5.91 Å². The van der Waals surface area contributed by atoms with Crippen LogP contribution in [-0.4, -0.2) is 37.4 Å². The summed E-state index contributed by atoms with van der Waals surface area (Å²) < 4.78 is 5.33. The van der Waals surface area contributed by atoms with E-state index in [2.05, 4.69) is 5.32 Å². The number of nitrogens with zero attached hydrogens (tertiary/aromatic N) is 1. The molecule has 0 unspecified atom stereocenters. The number of benzene rings is 2. The maximum Gasteiger partial charge on any atom is 0.251 e. The van der Waals surface area contributed by atoms with Crippen molar-refractivity contribution >= 4 is 23.4 Å². The molecule has 0 saturated heterocycles. The normalized spacial score (nSPS) is 10.2. The second kappa shape index (κ2) is 8.53. The molecular formula is C19H21ClN2O3. The molecule has 25 heavy (non-hydrogen) atoms. The molecule has 0 bridgehead atoms. The average Bonchev–Trinajstić information content (AvgIpc) is 2.60. The molecule has 0 fully saturated rings. The van der Waals surface area contributed by atoms with E-state index in [9.17, 15) is 9.59 Å². The van der Waals surface area contributed by atoms with Gasteiger partial charge >= 0.3 is 0 Å². The third-order valence-corrected chi connectivity index (χ3v) is 4.03. The molecule has 0 heterocycles. The fraction of sp³-hybridized carbons (Fsp3) is 0.263. The third-order valence-electron chi connectivity index (χ3n) is 3.78. The van der Waals surface area contributed by atoms with Crippen molar-refractivity contribution in [2.45, 2.75) is 13.5 Å². The van der Waals surface area contributed by atoms with E-state index in [4.69, 9.17) is 16.3 Å². The van der Waals surface area contributed by atoms with Gasteiger partial charge in [0.1, 0.15) is 5.75 Å². The number of likely N-dealkylation sites (N-methyl/N-ethyl adjacent to an activating group) is 1. The summed E-state index contributed by atoms with van der Waals surface area (Å²) in [5, 5.41) is 3.18. The maximum absolute atomic E-state index is 12.3. The first kappa shape index (κ1) is 18.8. The summed E-state index contributed by atoms with van der Waals surface area (Å²) in [5.74, 6) is 0.230. The Kier molecular flexibility index (Phi) is 6.42. The molecule has 0 aliphatic carbocycles. The molecule has 0 aromatic heterocycles. The largest absolute Gasteiger partial charge is 0.496 e. The van der Waals surface area contributed by atoms with Gasteiger partial charge in [-0.3, -0.25) is 9.59 Å². The van der Waals surface area contributed by atoms with Gasteiger partial charge < -0.3 is 15.0 Å². The standard InChI is InChI=1S/C19H21ClN2O3/c1-13-4-9-17(25-3)15(10-13)12-22(2)18(23)11-21-19(24)14-5-7-16(20)8-6-14/h4-10H,11-12H2,1-3H3,(H,21,24). The number of ether oxygens (including phenoxy) is 1. The second-order valence-corrected chi connectivity index (χ2v) is 6.19. The Bertz CT molecular complexity index is 760. The van der Waals surface area contributed by atoms with Gasteiger partial charge in [-0.1, -0.05) is 29.3 Å². The van der Waals surface area contributed by atoms with Crippen LogP contribution in [0.2, 0.25) is 5.02 Å². The molecule has 0 spiro atoms. The summed E-state index contributed by atoms with van der Waals surface area (Å²) in [4.78, 5) is 25.9. The van der Waals surface area contributed by atoms with Crippen LogP contribution in [0.15, 0.2) is 42.5 Å². The number of nitrogens with one attached hydrogen (secondary N) is 1. The van der Waals surface area contributed by atoms with Crippen LogP contribution in [0.1, 0.15) is 21.5 Å². The molecule has 132 valence electrons. The monoisotopic (exact) mass is 360 g/mol. The number of carbonyl (C=O) groups is 2. The highest BCUT2D eigenvalue weighted by molar-refractivity contribution is 6.30. The summed E-state index contributed by atoms with van der Waals surface area (Å²) in [7, 11) is 3.29. The van der Waals surface area contributed by atoms with Crippen molar-refractivity contribution in [1.29, 1.82) is 0 Å². The highest BCUT2D eigenvalue weighted by Crippen LogP contribution is 2.21. The van der Waals surface area contributed by atoms with Gasteiger partial charge in [-0.05, 0) is 37.3 Å². The lowest BCUT2D eigenvalue weighted by molar-refractivity contribution is -0.129. The van der Waals surface area contributed by atoms with Crippen LogP contribution in [-0.2, 0) is 11.3 Å². The summed E-state index contributed by atoms with van der Waals surface area (Å²) in [6.07, 6.45) is 0. The summed E-state index contributed by atoms with van der Waals surface area (Å²) in [6.45, 7) is 2.31. The molecule has 0 radical (unpaired) electrons. The van der Waals surface area contributed by atoms with Gasteiger partial charge in [0.2, 0.25) is 5.91 Å². The topological polar surface area (TPSA) is 58.6 Å². The highest BCUT2D eigenvalue weighted by Gasteiger charge is 2.14. The van der Waals surface area contributed by atoms with Gasteiger partial charge in [-0.25, -0.2) is 0 Å². The number of amides is 2. The summed E-state index contributed by atoms with van der Waals surface area (Å²) >= 11 is 5.80. The minimum atomic E-state index is -0.313. The Morgan fingerprint density at radius 2 is 1.84 bits per heavy atom. The fourth-order valence-electron chi connectivity index (χ4n) is 2.37. The lowest BCUT2D eigenvalue weighted by Gasteiger charge is -2.19. The van der Waals surface area contributed by atoms with Crippen LogP contribution in [0.3, 0.4) is 0 Å². The number of rotatable bonds is 6. The molecule has 2 aromatic rings. The number of hydrogen-bond donors (Lipinski definition) is 1. The van der Waals surface area contributed by atoms with Crippen LogP contribution < -0.4 is 10.1 Å². The molecule has 2 amide bonds. The minimum Gasteiger partial charge on any atom is -0.496 e. The Balaban J connectivity index is 1.93. The van der Waals surface area contributed by atoms with E-state index in [1.165, 1.54) is 0 Å². The van der Waals surface area contributed by atoms with Crippen molar-refractivity contribution in [2.75, 3.05) is 20.7 Å². The molecule has 0 aliphatic rings. The third kappa shape index (κ3) is 5.22. The van der Waals surface area contributed by atoms with E-state index >= 15 is 0 Å². The maximum atomic E-state index is 12.3. The van der Waals surface area contributed by atoms with Crippen LogP contribution in [0.4, 0.5) is 0 Å². The van der Waals surface area contributed by atoms with Crippen molar-refractivity contribution in [2.24, 2.45) is 0 Å². The molecule has 2 aromatic carbocycles. The SMILES string of the molecule is COc1ccc(C)cc1CN(C)C(=O)CNC(=O)c1ccc(Cl)cc1. The van der Waals surface area contributed by atoms with Gasteiger partial charge in [-0.2, -0.15) is 0 Å². The zero-order valence-corrected chi connectivity index (χ0v) is 15.3. The van der Waals surface area contributed by atoms with Crippen molar-refractivity contribution < 1.29 is 14.3 Å². The molecule has 1 N–H and O–H groups in total. The van der Waals surface area contributed by atoms with Crippen LogP contribution in [0.25, 0.3) is 0 Å². The first-order chi connectivity index (χ1) is 11.9. The highest BCUT2D eigenvalue weighted by atomic mass is 35.5. The summed E-state index contributed by atoms with van der Waals surface area (Å²) in [6, 6.07) is 12.3. The molecule has 5 nitrogen and oxygen atoms in total. The smallest absolute Gasteiger partial charge is 0.251 e. The fourth-order valence-corrected chi connectivity index (χ4v) is 2.49. The predicted molar refractivity (Wildman–Crippen MR) is 98.0 cm³/mol. The Hall–Kier alpha value is -2.53. The lowest BCUT2D eigenvalue weighted by atomic mass is 10.1. The average molecular weight is 361 g/mol. The Morgan fingerprint density at radius 3 is 2.48 bits per heavy atom. The van der Waals surface area contributed by atoms with Crippen LogP contribution >= 0.6 is 11.6 Å². The van der Waals surface area contributed by atoms with Crippen LogP contribution in [0.5, 0.6) is 5.75 Å². The number of halogens is 1. The van der Waals surface area contributed by atoms with E-state index in [0.717, 1.165) is 16.9 Å². The van der Waals surface area contributed by atoms with Crippen molar-refractivity contribution in [3.8, 4) is 5.75 Å². The van der Waals surface area contributed by atoms with Crippen LogP contribution in [0, 0.1) is 6.92 Å². The first-order valence-corrected chi connectivity index (χ1v) is 8.19. The number of hydrogen-bond acceptors (Lipinski definition) is 3. The number of aryl methyl sites for hydroxylation is 1. The summed E-state index contributed by atoms with van der Waals surface area (Å²) in [5.41, 5.74) is 2.47. The zero-order chi connectivity index (χ0) is 18.4. The van der Waals surface area contributed by atoms with E-state index in [0.29, 0.717) is 17.1 Å². The number of methoxy groups -OCH3 is 1. The van der Waals surface area contributed by atoms with E-state index < -0.39 is 0 Å². The molecule has 0 atom stereocenters. The zero-order valence-electron chi connectivity index (χ0n) is 14.5. The van der Waals surface area contributed by atoms with Gasteiger partial charge in [0, 0.05) is 29.7 Å². The number of carbonyl (C=O) groups excluding carboxylic acids is 2. The van der Waals surface area contributed by atoms with Crippen molar-refractivity contribution in [3.05, 3.63) is 64.2 Å². The lowest BCUT2D eigenvalue weighted by Crippen LogP contribution is -2.37.